The van der Waals surface area contributed by atoms with Crippen LogP contribution in [0.4, 0.5) is 5.82 Å². The summed E-state index contributed by atoms with van der Waals surface area (Å²) in [6.07, 6.45) is 2.60. The van der Waals surface area contributed by atoms with Crippen molar-refractivity contribution in [3.8, 4) is 0 Å². The van der Waals surface area contributed by atoms with E-state index in [9.17, 15) is 0 Å². The molecule has 6 heteroatoms. The highest BCUT2D eigenvalue weighted by Gasteiger charge is 2.01. The molecule has 0 saturated heterocycles. The third kappa shape index (κ3) is 3.61. The summed E-state index contributed by atoms with van der Waals surface area (Å²) in [5.74, 6) is 0.772. The van der Waals surface area contributed by atoms with Gasteiger partial charge < -0.3 is 11.1 Å². The third-order valence-corrected chi connectivity index (χ3v) is 2.36. The first kappa shape index (κ1) is 10.9. The average molecular weight is 313 g/mol. The third-order valence-electron chi connectivity index (χ3n) is 1.39. The van der Waals surface area contributed by atoms with Crippen LogP contribution in [0.1, 0.15) is 6.42 Å². The molecule has 0 atom stereocenters. The van der Waals surface area contributed by atoms with Crippen molar-refractivity contribution in [1.82, 2.24) is 9.97 Å². The number of anilines is 1. The molecule has 4 nitrogen and oxygen atoms in total. The van der Waals surface area contributed by atoms with Gasteiger partial charge in [-0.15, -0.1) is 0 Å². The van der Waals surface area contributed by atoms with E-state index in [0.29, 0.717) is 6.54 Å². The van der Waals surface area contributed by atoms with E-state index in [1.54, 1.807) is 6.20 Å². The van der Waals surface area contributed by atoms with Crippen molar-refractivity contribution in [2.24, 2.45) is 5.73 Å². The smallest absolute Gasteiger partial charge is 0.224 e. The number of nitrogens with zero attached hydrogens (tertiary/aromatic N) is 2. The van der Waals surface area contributed by atoms with E-state index < -0.39 is 0 Å². The van der Waals surface area contributed by atoms with E-state index in [1.807, 2.05) is 0 Å². The van der Waals surface area contributed by atoms with Gasteiger partial charge in [-0.25, -0.2) is 4.98 Å². The Hall–Kier alpha value is -0.140. The quantitative estimate of drug-likeness (QED) is 0.502. The summed E-state index contributed by atoms with van der Waals surface area (Å²) >= 11 is 7.79. The molecule has 1 rings (SSSR count). The van der Waals surface area contributed by atoms with Crippen molar-refractivity contribution in [2.45, 2.75) is 6.42 Å². The Bertz CT molecular complexity index is 281. The molecule has 0 amide bonds. The monoisotopic (exact) mass is 312 g/mol. The number of nitrogens with one attached hydrogen (secondary N) is 1. The van der Waals surface area contributed by atoms with Gasteiger partial charge in [0.25, 0.3) is 0 Å². The Balaban J connectivity index is 2.59. The molecule has 0 aliphatic rings. The summed E-state index contributed by atoms with van der Waals surface area (Å²) in [4.78, 5) is 7.89. The number of hydrogen-bond acceptors (Lipinski definition) is 4. The largest absolute Gasteiger partial charge is 0.369 e. The number of aromatic nitrogens is 2. The fourth-order valence-electron chi connectivity index (χ4n) is 0.778. The van der Waals surface area contributed by atoms with Crippen molar-refractivity contribution in [3.63, 3.8) is 0 Å². The molecule has 0 aromatic carbocycles. The van der Waals surface area contributed by atoms with Gasteiger partial charge in [0.15, 0.2) is 0 Å². The summed E-state index contributed by atoms with van der Waals surface area (Å²) < 4.78 is 0.957. The summed E-state index contributed by atoms with van der Waals surface area (Å²) in [7, 11) is 0. The first-order valence-electron chi connectivity index (χ1n) is 3.86. The molecular weight excluding hydrogens is 302 g/mol. The molecule has 0 radical (unpaired) electrons. The van der Waals surface area contributed by atoms with E-state index in [-0.39, 0.29) is 5.28 Å². The van der Waals surface area contributed by atoms with Gasteiger partial charge in [-0.2, -0.15) is 4.98 Å². The van der Waals surface area contributed by atoms with Crippen LogP contribution in [0.25, 0.3) is 0 Å². The minimum Gasteiger partial charge on any atom is -0.369 e. The van der Waals surface area contributed by atoms with Crippen LogP contribution in [0.5, 0.6) is 0 Å². The minimum absolute atomic E-state index is 0.260. The van der Waals surface area contributed by atoms with Crippen LogP contribution >= 0.6 is 34.2 Å². The van der Waals surface area contributed by atoms with E-state index in [2.05, 4.69) is 37.9 Å². The highest BCUT2D eigenvalue weighted by atomic mass is 127. The van der Waals surface area contributed by atoms with Gasteiger partial charge in [0.1, 0.15) is 5.82 Å². The number of halogens is 2. The maximum Gasteiger partial charge on any atom is 0.224 e. The molecule has 0 fully saturated rings. The lowest BCUT2D eigenvalue weighted by Gasteiger charge is -2.05. The molecule has 1 aromatic rings. The van der Waals surface area contributed by atoms with Crippen molar-refractivity contribution >= 4 is 40.0 Å². The Kier molecular flexibility index (Phi) is 4.68. The Morgan fingerprint density at radius 1 is 1.62 bits per heavy atom. The highest BCUT2D eigenvalue weighted by Crippen LogP contribution is 2.15. The van der Waals surface area contributed by atoms with Crippen molar-refractivity contribution < 1.29 is 0 Å². The SMILES string of the molecule is NCCCNc1nc(Cl)ncc1I. The maximum atomic E-state index is 5.64. The number of rotatable bonds is 4. The second-order valence-corrected chi connectivity index (χ2v) is 3.90. The van der Waals surface area contributed by atoms with Gasteiger partial charge in [0, 0.05) is 12.7 Å². The number of nitrogens with two attached hydrogens (primary N) is 1. The van der Waals surface area contributed by atoms with Crippen LogP contribution < -0.4 is 11.1 Å². The van der Waals surface area contributed by atoms with E-state index >= 15 is 0 Å². The van der Waals surface area contributed by atoms with Gasteiger partial charge in [-0.1, -0.05) is 0 Å². The topological polar surface area (TPSA) is 63.8 Å². The summed E-state index contributed by atoms with van der Waals surface area (Å²) in [6, 6.07) is 0. The molecule has 0 aliphatic carbocycles. The first-order chi connectivity index (χ1) is 6.24. The lowest BCUT2D eigenvalue weighted by atomic mass is 10.4. The van der Waals surface area contributed by atoms with E-state index in [1.165, 1.54) is 0 Å². The van der Waals surface area contributed by atoms with Crippen LogP contribution in [0, 0.1) is 3.57 Å². The molecule has 0 spiro atoms. The second kappa shape index (κ2) is 5.56. The van der Waals surface area contributed by atoms with Crippen molar-refractivity contribution in [2.75, 3.05) is 18.4 Å². The molecule has 0 bridgehead atoms. The van der Waals surface area contributed by atoms with Crippen LogP contribution in [-0.2, 0) is 0 Å². The molecule has 1 heterocycles. The van der Waals surface area contributed by atoms with Crippen LogP contribution in [-0.4, -0.2) is 23.1 Å². The molecule has 1 aromatic heterocycles. The maximum absolute atomic E-state index is 5.64. The average Bonchev–Trinajstić information content (AvgIpc) is 2.11. The summed E-state index contributed by atoms with van der Waals surface area (Å²) in [5, 5.41) is 3.39. The molecule has 13 heavy (non-hydrogen) atoms. The summed E-state index contributed by atoms with van der Waals surface area (Å²) in [5.41, 5.74) is 5.36. The van der Waals surface area contributed by atoms with Gasteiger partial charge in [-0.05, 0) is 47.2 Å². The molecule has 3 N–H and O–H groups in total. The van der Waals surface area contributed by atoms with Gasteiger partial charge >= 0.3 is 0 Å². The Labute approximate surface area is 95.4 Å². The number of hydrogen-bond donors (Lipinski definition) is 2. The molecule has 72 valence electrons. The molecule has 0 unspecified atom stereocenters. The van der Waals surface area contributed by atoms with E-state index in [4.69, 9.17) is 17.3 Å². The van der Waals surface area contributed by atoms with Gasteiger partial charge in [0.05, 0.1) is 3.57 Å². The molecule has 0 saturated carbocycles. The fraction of sp³-hybridized carbons (Fsp3) is 0.429. The predicted molar refractivity (Wildman–Crippen MR) is 61.9 cm³/mol. The standard InChI is InChI=1S/C7H10ClIN4/c8-7-12-4-5(9)6(13-7)11-3-1-2-10/h4H,1-3,10H2,(H,11,12,13). The predicted octanol–water partition coefficient (Wildman–Crippen LogP) is 1.50. The van der Waals surface area contributed by atoms with Crippen molar-refractivity contribution in [3.05, 3.63) is 15.1 Å². The van der Waals surface area contributed by atoms with Crippen LogP contribution in [0.15, 0.2) is 6.20 Å². The zero-order valence-electron chi connectivity index (χ0n) is 6.93. The van der Waals surface area contributed by atoms with Crippen LogP contribution in [0.2, 0.25) is 5.28 Å². The minimum atomic E-state index is 0.260. The molecule has 0 aliphatic heterocycles. The summed E-state index contributed by atoms with van der Waals surface area (Å²) in [6.45, 7) is 1.47. The van der Waals surface area contributed by atoms with Gasteiger partial charge in [-0.3, -0.25) is 0 Å². The fourth-order valence-corrected chi connectivity index (χ4v) is 1.36. The zero-order chi connectivity index (χ0) is 9.68. The van der Waals surface area contributed by atoms with E-state index in [0.717, 1.165) is 22.4 Å². The van der Waals surface area contributed by atoms with Crippen molar-refractivity contribution in [1.29, 1.82) is 0 Å². The Morgan fingerprint density at radius 2 is 2.38 bits per heavy atom. The Morgan fingerprint density at radius 3 is 3.08 bits per heavy atom. The molecular formula is C7H10ClIN4. The van der Waals surface area contributed by atoms with Gasteiger partial charge in [0.2, 0.25) is 5.28 Å². The second-order valence-electron chi connectivity index (χ2n) is 2.40. The van der Waals surface area contributed by atoms with Crippen LogP contribution in [0.3, 0.4) is 0 Å². The highest BCUT2D eigenvalue weighted by molar-refractivity contribution is 14.1. The lowest BCUT2D eigenvalue weighted by molar-refractivity contribution is 0.868. The normalized spacial score (nSPS) is 10.1. The first-order valence-corrected chi connectivity index (χ1v) is 5.31. The lowest BCUT2D eigenvalue weighted by Crippen LogP contribution is -2.10. The zero-order valence-corrected chi connectivity index (χ0v) is 9.84.